The quantitative estimate of drug-likeness (QED) is 0.793. The van der Waals surface area contributed by atoms with Crippen molar-refractivity contribution in [2.45, 2.75) is 32.4 Å². The van der Waals surface area contributed by atoms with Gasteiger partial charge in [0.05, 0.1) is 26.0 Å². The van der Waals surface area contributed by atoms with Crippen LogP contribution in [0.4, 0.5) is 0 Å². The number of aryl methyl sites for hydroxylation is 2. The van der Waals surface area contributed by atoms with Crippen LogP contribution in [0, 0.1) is 13.8 Å². The number of aliphatic hydroxyl groups is 1. The lowest BCUT2D eigenvalue weighted by Gasteiger charge is -2.35. The highest BCUT2D eigenvalue weighted by molar-refractivity contribution is 5.98. The zero-order valence-electron chi connectivity index (χ0n) is 14.1. The van der Waals surface area contributed by atoms with Crippen LogP contribution in [-0.4, -0.2) is 53.1 Å². The Balaban J connectivity index is 1.66. The predicted octanol–water partition coefficient (Wildman–Crippen LogP) is 2.23. The topological polar surface area (TPSA) is 78.7 Å². The number of ether oxygens (including phenoxy) is 1. The molecule has 24 heavy (non-hydrogen) atoms. The molecule has 2 atom stereocenters. The Morgan fingerprint density at radius 1 is 1.50 bits per heavy atom. The lowest BCUT2D eigenvalue weighted by molar-refractivity contribution is -0.0254. The minimum absolute atomic E-state index is 0.0110. The number of hydrogen-bond acceptors (Lipinski definition) is 5. The number of H-pyrrole nitrogens is 1. The van der Waals surface area contributed by atoms with E-state index in [0.29, 0.717) is 38.5 Å². The number of carbonyl (C=O) groups is 1. The lowest BCUT2D eigenvalue weighted by Crippen LogP contribution is -2.48. The van der Waals surface area contributed by atoms with E-state index < -0.39 is 6.10 Å². The van der Waals surface area contributed by atoms with Crippen molar-refractivity contribution in [3.05, 3.63) is 47.2 Å². The van der Waals surface area contributed by atoms with Gasteiger partial charge in [0, 0.05) is 29.5 Å². The average Bonchev–Trinajstić information content (AvgIpc) is 3.18. The molecular formula is C18H24N2O4. The zero-order valence-corrected chi connectivity index (χ0v) is 14.1. The van der Waals surface area contributed by atoms with Gasteiger partial charge in [0.1, 0.15) is 11.9 Å². The molecule has 0 bridgehead atoms. The van der Waals surface area contributed by atoms with E-state index in [1.165, 1.54) is 0 Å². The number of hydrogen-bond donors (Lipinski definition) is 2. The first-order chi connectivity index (χ1) is 11.5. The molecule has 2 N–H and O–H groups in total. The average molecular weight is 332 g/mol. The molecule has 1 aliphatic rings. The Kier molecular flexibility index (Phi) is 5.18. The lowest BCUT2D eigenvalue weighted by atomic mass is 10.0. The molecule has 0 spiro atoms. The molecule has 1 aliphatic heterocycles. The Bertz CT molecular complexity index is 677. The molecule has 2 aromatic rings. The van der Waals surface area contributed by atoms with E-state index in [1.807, 2.05) is 19.9 Å². The van der Waals surface area contributed by atoms with Gasteiger partial charge in [0.15, 0.2) is 5.78 Å². The molecule has 0 amide bonds. The summed E-state index contributed by atoms with van der Waals surface area (Å²) in [4.78, 5) is 17.9. The van der Waals surface area contributed by atoms with Gasteiger partial charge in [0.25, 0.3) is 0 Å². The molecule has 0 saturated carbocycles. The third-order valence-electron chi connectivity index (χ3n) is 4.51. The van der Waals surface area contributed by atoms with Gasteiger partial charge in [-0.25, -0.2) is 0 Å². The first-order valence-corrected chi connectivity index (χ1v) is 8.27. The second-order valence-corrected chi connectivity index (χ2v) is 6.38. The minimum Gasteiger partial charge on any atom is -0.467 e. The van der Waals surface area contributed by atoms with Crippen molar-refractivity contribution in [1.29, 1.82) is 0 Å². The number of aliphatic hydroxyl groups excluding tert-OH is 1. The second-order valence-electron chi connectivity index (χ2n) is 6.38. The predicted molar refractivity (Wildman–Crippen MR) is 89.1 cm³/mol. The Hall–Kier alpha value is -1.89. The summed E-state index contributed by atoms with van der Waals surface area (Å²) in [5.74, 6) is 0.639. The number of aromatic nitrogens is 1. The summed E-state index contributed by atoms with van der Waals surface area (Å²) in [5.41, 5.74) is 2.63. The molecule has 130 valence electrons. The number of rotatable bonds is 6. The standard InChI is InChI=1S/C18H24N2O4/c1-12-8-15(13(2)19-12)17(22)10-20-5-7-23-11-14(20)9-16(21)18-4-3-6-24-18/h3-4,6,8,14,16,19,21H,5,7,9-11H2,1-2H3. The number of aromatic amines is 1. The molecule has 3 heterocycles. The van der Waals surface area contributed by atoms with Gasteiger partial charge in [-0.15, -0.1) is 0 Å². The van der Waals surface area contributed by atoms with Crippen LogP contribution in [-0.2, 0) is 4.74 Å². The molecule has 6 nitrogen and oxygen atoms in total. The molecule has 2 unspecified atom stereocenters. The maximum Gasteiger partial charge on any atom is 0.178 e. The highest BCUT2D eigenvalue weighted by Crippen LogP contribution is 2.23. The maximum atomic E-state index is 12.6. The summed E-state index contributed by atoms with van der Waals surface area (Å²) in [6.07, 6.45) is 1.33. The number of Topliss-reactive ketones (excluding diaryl/α,β-unsaturated/α-hetero) is 1. The van der Waals surface area contributed by atoms with Crippen LogP contribution in [0.1, 0.15) is 40.0 Å². The molecule has 1 fully saturated rings. The number of nitrogens with one attached hydrogen (secondary N) is 1. The summed E-state index contributed by atoms with van der Waals surface area (Å²) in [7, 11) is 0. The van der Waals surface area contributed by atoms with E-state index in [0.717, 1.165) is 17.0 Å². The van der Waals surface area contributed by atoms with E-state index in [-0.39, 0.29) is 11.8 Å². The first kappa shape index (κ1) is 17.0. The molecule has 1 saturated heterocycles. The van der Waals surface area contributed by atoms with Gasteiger partial charge in [0.2, 0.25) is 0 Å². The summed E-state index contributed by atoms with van der Waals surface area (Å²) < 4.78 is 10.8. The molecular weight excluding hydrogens is 308 g/mol. The van der Waals surface area contributed by atoms with Crippen molar-refractivity contribution >= 4 is 5.78 Å². The number of ketones is 1. The van der Waals surface area contributed by atoms with Gasteiger partial charge in [-0.05, 0) is 38.5 Å². The van der Waals surface area contributed by atoms with Crippen LogP contribution in [0.3, 0.4) is 0 Å². The second kappa shape index (κ2) is 7.34. The number of carbonyl (C=O) groups excluding carboxylic acids is 1. The molecule has 0 aliphatic carbocycles. The number of morpholine rings is 1. The summed E-state index contributed by atoms with van der Waals surface area (Å²) in [6, 6.07) is 5.40. The molecule has 3 rings (SSSR count). The smallest absolute Gasteiger partial charge is 0.178 e. The van der Waals surface area contributed by atoms with Crippen molar-refractivity contribution < 1.29 is 19.1 Å². The van der Waals surface area contributed by atoms with E-state index >= 15 is 0 Å². The summed E-state index contributed by atoms with van der Waals surface area (Å²) in [5, 5.41) is 10.3. The number of nitrogens with zero attached hydrogens (tertiary/aromatic N) is 1. The monoisotopic (exact) mass is 332 g/mol. The van der Waals surface area contributed by atoms with Crippen LogP contribution in [0.5, 0.6) is 0 Å². The SMILES string of the molecule is Cc1cc(C(=O)CN2CCOCC2CC(O)c2ccco2)c(C)[nH]1. The van der Waals surface area contributed by atoms with Gasteiger partial charge >= 0.3 is 0 Å². The van der Waals surface area contributed by atoms with Crippen molar-refractivity contribution in [2.75, 3.05) is 26.3 Å². The number of furan rings is 1. The molecule has 6 heteroatoms. The van der Waals surface area contributed by atoms with E-state index in [4.69, 9.17) is 9.15 Å². The van der Waals surface area contributed by atoms with Crippen molar-refractivity contribution in [2.24, 2.45) is 0 Å². The fourth-order valence-corrected chi connectivity index (χ4v) is 3.25. The van der Waals surface area contributed by atoms with Crippen molar-refractivity contribution in [1.82, 2.24) is 9.88 Å². The fraction of sp³-hybridized carbons (Fsp3) is 0.500. The molecule has 0 radical (unpaired) electrons. The minimum atomic E-state index is -0.694. The van der Waals surface area contributed by atoms with E-state index in [2.05, 4.69) is 9.88 Å². The van der Waals surface area contributed by atoms with Gasteiger partial charge < -0.3 is 19.2 Å². The maximum absolute atomic E-state index is 12.6. The van der Waals surface area contributed by atoms with E-state index in [1.54, 1.807) is 18.4 Å². The molecule has 2 aromatic heterocycles. The normalized spacial score (nSPS) is 20.2. The van der Waals surface area contributed by atoms with Gasteiger partial charge in [-0.2, -0.15) is 0 Å². The van der Waals surface area contributed by atoms with Crippen LogP contribution < -0.4 is 0 Å². The third kappa shape index (κ3) is 3.77. The van der Waals surface area contributed by atoms with Gasteiger partial charge in [-0.1, -0.05) is 0 Å². The highest BCUT2D eigenvalue weighted by atomic mass is 16.5. The highest BCUT2D eigenvalue weighted by Gasteiger charge is 2.29. The largest absolute Gasteiger partial charge is 0.467 e. The zero-order chi connectivity index (χ0) is 17.1. The third-order valence-corrected chi connectivity index (χ3v) is 4.51. The summed E-state index contributed by atoms with van der Waals surface area (Å²) in [6.45, 7) is 5.99. The molecule has 0 aromatic carbocycles. The van der Waals surface area contributed by atoms with E-state index in [9.17, 15) is 9.90 Å². The first-order valence-electron chi connectivity index (χ1n) is 8.27. The van der Waals surface area contributed by atoms with Crippen molar-refractivity contribution in [3.63, 3.8) is 0 Å². The van der Waals surface area contributed by atoms with Crippen LogP contribution in [0.15, 0.2) is 28.9 Å². The van der Waals surface area contributed by atoms with Crippen LogP contribution >= 0.6 is 0 Å². The van der Waals surface area contributed by atoms with Gasteiger partial charge in [-0.3, -0.25) is 9.69 Å². The van der Waals surface area contributed by atoms with Crippen LogP contribution in [0.2, 0.25) is 0 Å². The summed E-state index contributed by atoms with van der Waals surface area (Å²) >= 11 is 0. The van der Waals surface area contributed by atoms with Crippen LogP contribution in [0.25, 0.3) is 0 Å². The Labute approximate surface area is 141 Å². The van der Waals surface area contributed by atoms with Crippen molar-refractivity contribution in [3.8, 4) is 0 Å². The fourth-order valence-electron chi connectivity index (χ4n) is 3.25. The Morgan fingerprint density at radius 2 is 2.33 bits per heavy atom. The Morgan fingerprint density at radius 3 is 3.00 bits per heavy atom.